The van der Waals surface area contributed by atoms with Gasteiger partial charge in [-0.15, -0.1) is 0 Å². The first-order valence-electron chi connectivity index (χ1n) is 6.18. The minimum absolute atomic E-state index is 0.0372. The zero-order chi connectivity index (χ0) is 12.6. The number of benzene rings is 1. The molecule has 0 radical (unpaired) electrons. The molecule has 0 bridgehead atoms. The van der Waals surface area contributed by atoms with E-state index in [9.17, 15) is 4.79 Å². The SMILES string of the molecule is Cc1ccc(C(C)(C)C)cc1C1CCC(=O)O1. The van der Waals surface area contributed by atoms with Gasteiger partial charge in [0.05, 0.1) is 0 Å². The Morgan fingerprint density at radius 3 is 2.53 bits per heavy atom. The fourth-order valence-corrected chi connectivity index (χ4v) is 2.20. The van der Waals surface area contributed by atoms with Crippen LogP contribution >= 0.6 is 0 Å². The lowest BCUT2D eigenvalue weighted by atomic mass is 9.84. The van der Waals surface area contributed by atoms with E-state index < -0.39 is 0 Å². The summed E-state index contributed by atoms with van der Waals surface area (Å²) in [5, 5.41) is 0. The standard InChI is InChI=1S/C15H20O2/c1-10-5-6-11(15(2,3)4)9-12(10)13-7-8-14(16)17-13/h5-6,9,13H,7-8H2,1-4H3. The molecule has 0 spiro atoms. The molecule has 0 N–H and O–H groups in total. The maximum absolute atomic E-state index is 11.2. The average Bonchev–Trinajstić information content (AvgIpc) is 2.63. The van der Waals surface area contributed by atoms with Crippen molar-refractivity contribution in [3.63, 3.8) is 0 Å². The van der Waals surface area contributed by atoms with E-state index in [1.54, 1.807) is 0 Å². The van der Waals surface area contributed by atoms with Crippen LogP contribution in [0.4, 0.5) is 0 Å². The van der Waals surface area contributed by atoms with Crippen LogP contribution in [0, 0.1) is 6.92 Å². The Bertz CT molecular complexity index is 441. The predicted molar refractivity (Wildman–Crippen MR) is 67.9 cm³/mol. The highest BCUT2D eigenvalue weighted by Crippen LogP contribution is 2.34. The van der Waals surface area contributed by atoms with Crippen LogP contribution in [0.25, 0.3) is 0 Å². The Morgan fingerprint density at radius 1 is 1.29 bits per heavy atom. The smallest absolute Gasteiger partial charge is 0.306 e. The van der Waals surface area contributed by atoms with Crippen molar-refractivity contribution >= 4 is 5.97 Å². The topological polar surface area (TPSA) is 26.3 Å². The van der Waals surface area contributed by atoms with E-state index in [-0.39, 0.29) is 17.5 Å². The van der Waals surface area contributed by atoms with Crippen LogP contribution < -0.4 is 0 Å². The summed E-state index contributed by atoms with van der Waals surface area (Å²) in [6.45, 7) is 8.67. The van der Waals surface area contributed by atoms with E-state index in [0.29, 0.717) is 6.42 Å². The number of ether oxygens (including phenoxy) is 1. The molecule has 17 heavy (non-hydrogen) atoms. The van der Waals surface area contributed by atoms with Crippen molar-refractivity contribution in [2.45, 2.75) is 52.1 Å². The van der Waals surface area contributed by atoms with Gasteiger partial charge in [-0.3, -0.25) is 4.79 Å². The second kappa shape index (κ2) is 4.17. The summed E-state index contributed by atoms with van der Waals surface area (Å²) in [4.78, 5) is 11.2. The van der Waals surface area contributed by atoms with Gasteiger partial charge in [-0.25, -0.2) is 0 Å². The Hall–Kier alpha value is -1.31. The monoisotopic (exact) mass is 232 g/mol. The molecule has 1 atom stereocenters. The van der Waals surface area contributed by atoms with E-state index in [0.717, 1.165) is 6.42 Å². The highest BCUT2D eigenvalue weighted by atomic mass is 16.5. The molecule has 1 aromatic carbocycles. The first kappa shape index (κ1) is 12.2. The summed E-state index contributed by atoms with van der Waals surface area (Å²) in [6.07, 6.45) is 1.32. The minimum atomic E-state index is -0.0736. The lowest BCUT2D eigenvalue weighted by Gasteiger charge is -2.22. The molecule has 1 unspecified atom stereocenters. The highest BCUT2D eigenvalue weighted by molar-refractivity contribution is 5.71. The molecule has 2 rings (SSSR count). The number of hydrogen-bond acceptors (Lipinski definition) is 2. The van der Waals surface area contributed by atoms with Gasteiger partial charge in [-0.1, -0.05) is 39.0 Å². The lowest BCUT2D eigenvalue weighted by Crippen LogP contribution is -2.12. The minimum Gasteiger partial charge on any atom is -0.457 e. The number of hydrogen-bond donors (Lipinski definition) is 0. The van der Waals surface area contributed by atoms with Crippen LogP contribution in [0.15, 0.2) is 18.2 Å². The molecule has 0 amide bonds. The molecule has 1 aromatic rings. The zero-order valence-electron chi connectivity index (χ0n) is 11.0. The van der Waals surface area contributed by atoms with Gasteiger partial charge < -0.3 is 4.74 Å². The molecular formula is C15H20O2. The fraction of sp³-hybridized carbons (Fsp3) is 0.533. The first-order chi connectivity index (χ1) is 7.88. The van der Waals surface area contributed by atoms with Gasteiger partial charge in [-0.05, 0) is 35.4 Å². The number of carbonyl (C=O) groups excluding carboxylic acids is 1. The third-order valence-electron chi connectivity index (χ3n) is 3.38. The Morgan fingerprint density at radius 2 is 2.00 bits per heavy atom. The van der Waals surface area contributed by atoms with Crippen molar-refractivity contribution in [1.82, 2.24) is 0 Å². The number of rotatable bonds is 1. The maximum atomic E-state index is 11.2. The van der Waals surface area contributed by atoms with Gasteiger partial charge in [0.2, 0.25) is 0 Å². The van der Waals surface area contributed by atoms with E-state index in [1.165, 1.54) is 16.7 Å². The number of aryl methyl sites for hydroxylation is 1. The van der Waals surface area contributed by atoms with Crippen LogP contribution in [0.5, 0.6) is 0 Å². The van der Waals surface area contributed by atoms with Crippen molar-refractivity contribution in [3.05, 3.63) is 34.9 Å². The summed E-state index contributed by atoms with van der Waals surface area (Å²) >= 11 is 0. The van der Waals surface area contributed by atoms with Gasteiger partial charge in [0.25, 0.3) is 0 Å². The fourth-order valence-electron chi connectivity index (χ4n) is 2.20. The van der Waals surface area contributed by atoms with Crippen molar-refractivity contribution in [1.29, 1.82) is 0 Å². The Kier molecular flexibility index (Phi) is 2.98. The zero-order valence-corrected chi connectivity index (χ0v) is 11.0. The van der Waals surface area contributed by atoms with Crippen LogP contribution in [-0.2, 0) is 14.9 Å². The molecule has 0 aliphatic carbocycles. The molecule has 1 aliphatic heterocycles. The van der Waals surface area contributed by atoms with Crippen molar-refractivity contribution < 1.29 is 9.53 Å². The van der Waals surface area contributed by atoms with Crippen LogP contribution in [0.3, 0.4) is 0 Å². The van der Waals surface area contributed by atoms with Crippen molar-refractivity contribution in [2.75, 3.05) is 0 Å². The lowest BCUT2D eigenvalue weighted by molar-refractivity contribution is -0.141. The van der Waals surface area contributed by atoms with Gasteiger partial charge >= 0.3 is 5.97 Å². The summed E-state index contributed by atoms with van der Waals surface area (Å²) < 4.78 is 5.36. The Labute approximate surface area is 103 Å². The molecular weight excluding hydrogens is 212 g/mol. The third-order valence-corrected chi connectivity index (χ3v) is 3.38. The molecule has 1 heterocycles. The molecule has 1 saturated heterocycles. The molecule has 1 aliphatic rings. The molecule has 2 heteroatoms. The molecule has 0 saturated carbocycles. The predicted octanol–water partition coefficient (Wildman–Crippen LogP) is 3.67. The van der Waals surface area contributed by atoms with E-state index >= 15 is 0 Å². The molecule has 0 aromatic heterocycles. The third kappa shape index (κ3) is 2.51. The first-order valence-corrected chi connectivity index (χ1v) is 6.18. The van der Waals surface area contributed by atoms with E-state index in [4.69, 9.17) is 4.74 Å². The summed E-state index contributed by atoms with van der Waals surface area (Å²) in [5.74, 6) is -0.0736. The normalized spacial score (nSPS) is 20.5. The van der Waals surface area contributed by atoms with Gasteiger partial charge in [0.1, 0.15) is 6.10 Å². The molecule has 1 fully saturated rings. The largest absolute Gasteiger partial charge is 0.457 e. The van der Waals surface area contributed by atoms with Crippen molar-refractivity contribution in [2.24, 2.45) is 0 Å². The van der Waals surface area contributed by atoms with Crippen LogP contribution in [0.1, 0.15) is 56.4 Å². The number of esters is 1. The quantitative estimate of drug-likeness (QED) is 0.690. The van der Waals surface area contributed by atoms with Crippen LogP contribution in [0.2, 0.25) is 0 Å². The van der Waals surface area contributed by atoms with Crippen molar-refractivity contribution in [3.8, 4) is 0 Å². The second-order valence-corrected chi connectivity index (χ2v) is 5.84. The van der Waals surface area contributed by atoms with E-state index in [1.807, 2.05) is 0 Å². The second-order valence-electron chi connectivity index (χ2n) is 5.84. The summed E-state index contributed by atoms with van der Waals surface area (Å²) in [5.41, 5.74) is 3.80. The van der Waals surface area contributed by atoms with Gasteiger partial charge in [-0.2, -0.15) is 0 Å². The summed E-state index contributed by atoms with van der Waals surface area (Å²) in [7, 11) is 0. The van der Waals surface area contributed by atoms with Gasteiger partial charge in [0, 0.05) is 6.42 Å². The molecule has 92 valence electrons. The van der Waals surface area contributed by atoms with Gasteiger partial charge in [0.15, 0.2) is 0 Å². The number of cyclic esters (lactones) is 1. The van der Waals surface area contributed by atoms with E-state index in [2.05, 4.69) is 45.9 Å². The number of carbonyl (C=O) groups is 1. The average molecular weight is 232 g/mol. The highest BCUT2D eigenvalue weighted by Gasteiger charge is 2.27. The maximum Gasteiger partial charge on any atom is 0.306 e. The summed E-state index contributed by atoms with van der Waals surface area (Å²) in [6, 6.07) is 6.48. The van der Waals surface area contributed by atoms with Crippen LogP contribution in [-0.4, -0.2) is 5.97 Å². The molecule has 2 nitrogen and oxygen atoms in total. The Balaban J connectivity index is 2.36.